The standard InChI is InChI=1S/C31H45NO6/c1-19(4-11-28(35)38-18-20-5-7-22(8-6-20)32(36)37)24-9-10-25-29-26(13-15-31(24,25)3)30(2)14-12-23(33)16-21(30)17-27(29)34/h5-8,19,21,23-27,29,33-34H,4,9-18H2,1-3H3/t19-,21+,23-,24-,25+,26+,27-,29+,30+,31-/m1/s1. The molecule has 1 aromatic carbocycles. The van der Waals surface area contributed by atoms with E-state index in [1.54, 1.807) is 12.1 Å². The van der Waals surface area contributed by atoms with Crippen molar-refractivity contribution in [3.05, 3.63) is 39.9 Å². The van der Waals surface area contributed by atoms with Crippen molar-refractivity contribution in [2.75, 3.05) is 0 Å². The number of carbonyl (C=O) groups excluding carboxylic acids is 1. The van der Waals surface area contributed by atoms with Gasteiger partial charge in [0.25, 0.3) is 5.69 Å². The number of non-ortho nitro benzene ring substituents is 1. The molecule has 1 aromatic rings. The van der Waals surface area contributed by atoms with Crippen molar-refractivity contribution < 1.29 is 24.7 Å². The molecule has 7 heteroatoms. The third-order valence-corrected chi connectivity index (χ3v) is 11.8. The molecule has 0 aromatic heterocycles. The van der Waals surface area contributed by atoms with E-state index < -0.39 is 4.92 Å². The van der Waals surface area contributed by atoms with Crippen LogP contribution in [0.25, 0.3) is 0 Å². The zero-order valence-electron chi connectivity index (χ0n) is 23.2. The summed E-state index contributed by atoms with van der Waals surface area (Å²) in [5.41, 5.74) is 1.20. The van der Waals surface area contributed by atoms with Gasteiger partial charge in [-0.3, -0.25) is 14.9 Å². The molecule has 4 fully saturated rings. The van der Waals surface area contributed by atoms with Gasteiger partial charge in [-0.1, -0.05) is 20.8 Å². The maximum Gasteiger partial charge on any atom is 0.306 e. The number of esters is 1. The summed E-state index contributed by atoms with van der Waals surface area (Å²) in [7, 11) is 0. The molecular weight excluding hydrogens is 482 g/mol. The van der Waals surface area contributed by atoms with Gasteiger partial charge in [0.05, 0.1) is 17.1 Å². The fourth-order valence-electron chi connectivity index (χ4n) is 9.67. The molecule has 0 heterocycles. The summed E-state index contributed by atoms with van der Waals surface area (Å²) in [4.78, 5) is 22.9. The summed E-state index contributed by atoms with van der Waals surface area (Å²) in [5, 5.41) is 32.5. The third kappa shape index (κ3) is 4.90. The van der Waals surface area contributed by atoms with Crippen LogP contribution in [0.4, 0.5) is 5.69 Å². The molecule has 10 atom stereocenters. The maximum absolute atomic E-state index is 12.5. The van der Waals surface area contributed by atoms with Crippen molar-refractivity contribution in [3.8, 4) is 0 Å². The highest BCUT2D eigenvalue weighted by molar-refractivity contribution is 5.69. The molecular formula is C31H45NO6. The van der Waals surface area contributed by atoms with E-state index in [0.717, 1.165) is 50.5 Å². The largest absolute Gasteiger partial charge is 0.461 e. The van der Waals surface area contributed by atoms with Crippen LogP contribution in [0.1, 0.15) is 90.5 Å². The van der Waals surface area contributed by atoms with E-state index in [1.807, 2.05) is 0 Å². The fourth-order valence-corrected chi connectivity index (χ4v) is 9.67. The monoisotopic (exact) mass is 527 g/mol. The molecule has 210 valence electrons. The minimum Gasteiger partial charge on any atom is -0.461 e. The molecule has 4 aliphatic rings. The Bertz CT molecular complexity index is 1030. The number of hydrogen-bond acceptors (Lipinski definition) is 6. The number of aliphatic hydroxyl groups is 2. The first-order valence-corrected chi connectivity index (χ1v) is 14.8. The Morgan fingerprint density at radius 1 is 1.05 bits per heavy atom. The zero-order chi connectivity index (χ0) is 27.2. The van der Waals surface area contributed by atoms with Crippen molar-refractivity contribution in [2.24, 2.45) is 46.3 Å². The Kier molecular flexibility index (Phi) is 7.64. The topological polar surface area (TPSA) is 110 Å². The fraction of sp³-hybridized carbons (Fsp3) is 0.774. The number of nitro benzene ring substituents is 1. The number of benzene rings is 1. The lowest BCUT2D eigenvalue weighted by molar-refractivity contribution is -0.384. The lowest BCUT2D eigenvalue weighted by Crippen LogP contribution is -2.58. The highest BCUT2D eigenvalue weighted by atomic mass is 16.6. The van der Waals surface area contributed by atoms with Crippen molar-refractivity contribution in [3.63, 3.8) is 0 Å². The predicted molar refractivity (Wildman–Crippen MR) is 144 cm³/mol. The van der Waals surface area contributed by atoms with Gasteiger partial charge in [0.15, 0.2) is 0 Å². The van der Waals surface area contributed by atoms with E-state index in [0.29, 0.717) is 41.9 Å². The van der Waals surface area contributed by atoms with Gasteiger partial charge in [-0.2, -0.15) is 0 Å². The molecule has 0 aliphatic heterocycles. The molecule has 0 bridgehead atoms. The van der Waals surface area contributed by atoms with Crippen LogP contribution < -0.4 is 0 Å². The van der Waals surface area contributed by atoms with Gasteiger partial charge >= 0.3 is 5.97 Å². The van der Waals surface area contributed by atoms with Gasteiger partial charge in [-0.05, 0) is 122 Å². The van der Waals surface area contributed by atoms with Crippen LogP contribution in [0.3, 0.4) is 0 Å². The number of fused-ring (bicyclic) bond motifs is 5. The van der Waals surface area contributed by atoms with Crippen LogP contribution in [-0.4, -0.2) is 33.3 Å². The summed E-state index contributed by atoms with van der Waals surface area (Å²) in [6, 6.07) is 6.11. The third-order valence-electron chi connectivity index (χ3n) is 11.8. The quantitative estimate of drug-likeness (QED) is 0.254. The normalized spacial score (nSPS) is 40.9. The molecule has 0 radical (unpaired) electrons. The second-order valence-electron chi connectivity index (χ2n) is 13.6. The molecule has 2 N–H and O–H groups in total. The molecule has 7 nitrogen and oxygen atoms in total. The minimum absolute atomic E-state index is 0.0264. The first-order chi connectivity index (χ1) is 18.0. The minimum atomic E-state index is -0.440. The average molecular weight is 528 g/mol. The molecule has 0 amide bonds. The Morgan fingerprint density at radius 3 is 2.45 bits per heavy atom. The van der Waals surface area contributed by atoms with Crippen molar-refractivity contribution in [1.29, 1.82) is 0 Å². The molecule has 0 spiro atoms. The van der Waals surface area contributed by atoms with Crippen LogP contribution >= 0.6 is 0 Å². The Morgan fingerprint density at radius 2 is 1.74 bits per heavy atom. The Hall–Kier alpha value is -1.99. The van der Waals surface area contributed by atoms with Gasteiger partial charge in [0.1, 0.15) is 6.61 Å². The lowest BCUT2D eigenvalue weighted by atomic mass is 9.43. The van der Waals surface area contributed by atoms with Gasteiger partial charge in [0.2, 0.25) is 0 Å². The highest BCUT2D eigenvalue weighted by Crippen LogP contribution is 2.68. The lowest BCUT2D eigenvalue weighted by Gasteiger charge is -2.62. The Labute approximate surface area is 226 Å². The number of ether oxygens (including phenoxy) is 1. The van der Waals surface area contributed by atoms with Crippen molar-refractivity contribution in [1.82, 2.24) is 0 Å². The number of hydrogen-bond donors (Lipinski definition) is 2. The first-order valence-electron chi connectivity index (χ1n) is 14.8. The molecule has 4 saturated carbocycles. The van der Waals surface area contributed by atoms with Gasteiger partial charge in [-0.15, -0.1) is 0 Å². The number of nitro groups is 1. The smallest absolute Gasteiger partial charge is 0.306 e. The molecule has 4 aliphatic carbocycles. The van der Waals surface area contributed by atoms with Gasteiger partial charge in [0, 0.05) is 18.6 Å². The first kappa shape index (κ1) is 27.6. The summed E-state index contributed by atoms with van der Waals surface area (Å²) < 4.78 is 5.47. The van der Waals surface area contributed by atoms with E-state index in [4.69, 9.17) is 4.74 Å². The summed E-state index contributed by atoms with van der Waals surface area (Å²) in [6.45, 7) is 7.32. The second kappa shape index (κ2) is 10.5. The van der Waals surface area contributed by atoms with Crippen molar-refractivity contribution >= 4 is 11.7 Å². The number of nitrogens with zero attached hydrogens (tertiary/aromatic N) is 1. The van der Waals surface area contributed by atoms with E-state index in [9.17, 15) is 25.1 Å². The van der Waals surface area contributed by atoms with E-state index in [2.05, 4.69) is 20.8 Å². The van der Waals surface area contributed by atoms with Crippen LogP contribution in [0.2, 0.25) is 0 Å². The molecule has 0 saturated heterocycles. The predicted octanol–water partition coefficient (Wildman–Crippen LogP) is 6.04. The average Bonchev–Trinajstić information content (AvgIpc) is 3.24. The SMILES string of the molecule is C[C@H](CCC(=O)OCc1ccc([N+](=O)[O-])cc1)[C@H]1CC[C@H]2[C@@H]3[C@H](O)C[C@@H]4C[C@H](O)CC[C@]4(C)[C@H]3CC[C@]12C. The zero-order valence-corrected chi connectivity index (χ0v) is 23.2. The van der Waals surface area contributed by atoms with Crippen LogP contribution in [0, 0.1) is 56.5 Å². The number of carbonyl (C=O) groups is 1. The summed E-state index contributed by atoms with van der Waals surface area (Å²) >= 11 is 0. The number of aliphatic hydroxyl groups excluding tert-OH is 2. The Balaban J connectivity index is 1.17. The summed E-state index contributed by atoms with van der Waals surface area (Å²) in [6.07, 6.45) is 9.04. The van der Waals surface area contributed by atoms with Crippen LogP contribution in [0.15, 0.2) is 24.3 Å². The van der Waals surface area contributed by atoms with Crippen LogP contribution in [0.5, 0.6) is 0 Å². The number of rotatable bonds is 7. The van der Waals surface area contributed by atoms with E-state index >= 15 is 0 Å². The highest BCUT2D eigenvalue weighted by Gasteiger charge is 2.62. The molecule has 5 rings (SSSR count). The van der Waals surface area contributed by atoms with Crippen LogP contribution in [-0.2, 0) is 16.1 Å². The maximum atomic E-state index is 12.5. The van der Waals surface area contributed by atoms with Gasteiger partial charge in [-0.25, -0.2) is 0 Å². The molecule has 0 unspecified atom stereocenters. The molecule has 38 heavy (non-hydrogen) atoms. The van der Waals surface area contributed by atoms with E-state index in [-0.39, 0.29) is 41.3 Å². The summed E-state index contributed by atoms with van der Waals surface area (Å²) in [5.74, 6) is 2.59. The van der Waals surface area contributed by atoms with Gasteiger partial charge < -0.3 is 14.9 Å². The van der Waals surface area contributed by atoms with Crippen molar-refractivity contribution in [2.45, 2.75) is 104 Å². The second-order valence-corrected chi connectivity index (χ2v) is 13.6. The van der Waals surface area contributed by atoms with E-state index in [1.165, 1.54) is 25.0 Å².